The number of aryl methyl sites for hydroxylation is 1. The maximum Gasteiger partial charge on any atom is 0.311 e. The molecule has 0 fully saturated rings. The maximum atomic E-state index is 13.4. The van der Waals surface area contributed by atoms with E-state index in [2.05, 4.69) is 0 Å². The van der Waals surface area contributed by atoms with Crippen molar-refractivity contribution in [1.29, 1.82) is 0 Å². The van der Waals surface area contributed by atoms with Crippen LogP contribution in [-0.4, -0.2) is 26.7 Å². The average molecular weight is 414 g/mol. The van der Waals surface area contributed by atoms with Crippen molar-refractivity contribution in [3.8, 4) is 5.75 Å². The monoisotopic (exact) mass is 413 g/mol. The van der Waals surface area contributed by atoms with Gasteiger partial charge in [0.05, 0.1) is 16.5 Å². The number of aromatic nitrogens is 1. The zero-order chi connectivity index (χ0) is 21.7. The number of aromatic hydroxyl groups is 1. The Morgan fingerprint density at radius 2 is 1.66 bits per heavy atom. The number of carboxylic acids is 1. The summed E-state index contributed by atoms with van der Waals surface area (Å²) >= 11 is 6.13. The summed E-state index contributed by atoms with van der Waals surface area (Å²) in [5, 5.41) is 20.8. The molecular weight excluding hydrogens is 390 g/mol. The number of nitrogens with zero attached hydrogens (tertiary/aromatic N) is 1. The normalized spacial score (nSPS) is 12.9. The number of phenols is 1. The molecule has 3 rings (SSSR count). The van der Waals surface area contributed by atoms with Gasteiger partial charge in [-0.15, -0.1) is 0 Å². The molecule has 6 heteroatoms. The Kier molecular flexibility index (Phi) is 5.22. The Morgan fingerprint density at radius 3 is 2.17 bits per heavy atom. The summed E-state index contributed by atoms with van der Waals surface area (Å²) in [5.41, 5.74) is 2.40. The fourth-order valence-corrected chi connectivity index (χ4v) is 3.98. The summed E-state index contributed by atoms with van der Waals surface area (Å²) in [6.07, 6.45) is 0. The van der Waals surface area contributed by atoms with Crippen LogP contribution in [0, 0.1) is 19.3 Å². The second-order valence-corrected chi connectivity index (χ2v) is 8.87. The van der Waals surface area contributed by atoms with Gasteiger partial charge in [0.25, 0.3) is 5.91 Å². The zero-order valence-corrected chi connectivity index (χ0v) is 17.8. The van der Waals surface area contributed by atoms with Crippen molar-refractivity contribution < 1.29 is 19.8 Å². The van der Waals surface area contributed by atoms with Crippen LogP contribution in [0.5, 0.6) is 5.75 Å². The molecule has 0 saturated carbocycles. The van der Waals surface area contributed by atoms with E-state index in [-0.39, 0.29) is 16.7 Å². The van der Waals surface area contributed by atoms with Gasteiger partial charge in [-0.1, -0.05) is 50.1 Å². The van der Waals surface area contributed by atoms with Crippen LogP contribution in [0.1, 0.15) is 53.9 Å². The van der Waals surface area contributed by atoms with E-state index in [1.807, 2.05) is 39.8 Å². The lowest BCUT2D eigenvalue weighted by atomic mass is 9.75. The first-order chi connectivity index (χ1) is 13.4. The molecule has 2 N–H and O–H groups in total. The SMILES string of the molecule is Cc1ccc(C(=O)n2c(C)c(C(C(=O)O)C(C)(C)C)c3cc(O)c(Cl)cc32)cc1. The molecular formula is C23H24ClNO4. The summed E-state index contributed by atoms with van der Waals surface area (Å²) in [4.78, 5) is 25.6. The van der Waals surface area contributed by atoms with Crippen LogP contribution in [0.4, 0.5) is 0 Å². The highest BCUT2D eigenvalue weighted by atomic mass is 35.5. The van der Waals surface area contributed by atoms with Crippen LogP contribution < -0.4 is 0 Å². The minimum absolute atomic E-state index is 0.0992. The molecule has 152 valence electrons. The lowest BCUT2D eigenvalue weighted by Gasteiger charge is -2.27. The van der Waals surface area contributed by atoms with Crippen molar-refractivity contribution in [1.82, 2.24) is 4.57 Å². The number of aliphatic carboxylic acids is 1. The average Bonchev–Trinajstić information content (AvgIpc) is 2.86. The molecule has 1 aromatic heterocycles. The van der Waals surface area contributed by atoms with Gasteiger partial charge >= 0.3 is 5.97 Å². The first-order valence-corrected chi connectivity index (χ1v) is 9.69. The van der Waals surface area contributed by atoms with Crippen LogP contribution in [0.15, 0.2) is 36.4 Å². The number of halogens is 1. The van der Waals surface area contributed by atoms with Crippen LogP contribution in [0.2, 0.25) is 5.02 Å². The van der Waals surface area contributed by atoms with Crippen LogP contribution in [0.25, 0.3) is 10.9 Å². The number of hydrogen-bond acceptors (Lipinski definition) is 3. The minimum atomic E-state index is -0.989. The van der Waals surface area contributed by atoms with E-state index in [4.69, 9.17) is 11.6 Å². The van der Waals surface area contributed by atoms with Crippen molar-refractivity contribution in [2.75, 3.05) is 0 Å². The number of hydrogen-bond donors (Lipinski definition) is 2. The van der Waals surface area contributed by atoms with E-state index in [0.29, 0.717) is 27.7 Å². The molecule has 1 heterocycles. The highest BCUT2D eigenvalue weighted by molar-refractivity contribution is 6.33. The summed E-state index contributed by atoms with van der Waals surface area (Å²) in [6.45, 7) is 9.18. The van der Waals surface area contributed by atoms with Crippen LogP contribution in [0.3, 0.4) is 0 Å². The number of carbonyl (C=O) groups excluding carboxylic acids is 1. The Bertz CT molecular complexity index is 1120. The lowest BCUT2D eigenvalue weighted by molar-refractivity contribution is -0.141. The zero-order valence-electron chi connectivity index (χ0n) is 17.1. The number of fused-ring (bicyclic) bond motifs is 1. The fraction of sp³-hybridized carbons (Fsp3) is 0.304. The van der Waals surface area contributed by atoms with Crippen LogP contribution >= 0.6 is 11.6 Å². The summed E-state index contributed by atoms with van der Waals surface area (Å²) < 4.78 is 1.49. The minimum Gasteiger partial charge on any atom is -0.506 e. The molecule has 0 amide bonds. The smallest absolute Gasteiger partial charge is 0.311 e. The molecule has 29 heavy (non-hydrogen) atoms. The van der Waals surface area contributed by atoms with Crippen molar-refractivity contribution in [3.05, 3.63) is 63.8 Å². The van der Waals surface area contributed by atoms with Crippen molar-refractivity contribution in [3.63, 3.8) is 0 Å². The Balaban J connectivity index is 2.38. The van der Waals surface area contributed by atoms with Gasteiger partial charge in [-0.2, -0.15) is 0 Å². The second-order valence-electron chi connectivity index (χ2n) is 8.46. The van der Waals surface area contributed by atoms with Crippen molar-refractivity contribution in [2.45, 2.75) is 40.5 Å². The molecule has 0 bridgehead atoms. The van der Waals surface area contributed by atoms with E-state index < -0.39 is 17.3 Å². The highest BCUT2D eigenvalue weighted by Crippen LogP contribution is 2.44. The Labute approximate surface area is 174 Å². The van der Waals surface area contributed by atoms with Gasteiger partial charge in [0.1, 0.15) is 5.75 Å². The maximum absolute atomic E-state index is 13.4. The van der Waals surface area contributed by atoms with Gasteiger partial charge in [0, 0.05) is 16.6 Å². The standard InChI is InChI=1S/C23H24ClNO4/c1-12-6-8-14(9-7-12)21(27)25-13(2)19(20(22(28)29)23(3,4)5)15-10-18(26)16(24)11-17(15)25/h6-11,20,26H,1-5H3,(H,28,29). The molecule has 5 nitrogen and oxygen atoms in total. The molecule has 0 radical (unpaired) electrons. The van der Waals surface area contributed by atoms with Gasteiger partial charge < -0.3 is 10.2 Å². The second kappa shape index (κ2) is 7.23. The van der Waals surface area contributed by atoms with Gasteiger partial charge in [0.2, 0.25) is 0 Å². The van der Waals surface area contributed by atoms with Gasteiger partial charge in [0.15, 0.2) is 0 Å². The van der Waals surface area contributed by atoms with E-state index >= 15 is 0 Å². The Morgan fingerprint density at radius 1 is 1.07 bits per heavy atom. The summed E-state index contributed by atoms with van der Waals surface area (Å²) in [6, 6.07) is 10.1. The van der Waals surface area contributed by atoms with E-state index in [9.17, 15) is 19.8 Å². The number of phenolic OH excluding ortho intramolecular Hbond substituents is 1. The molecule has 1 unspecified atom stereocenters. The lowest BCUT2D eigenvalue weighted by Crippen LogP contribution is -2.27. The van der Waals surface area contributed by atoms with E-state index in [0.717, 1.165) is 5.56 Å². The van der Waals surface area contributed by atoms with Crippen molar-refractivity contribution in [2.24, 2.45) is 5.41 Å². The van der Waals surface area contributed by atoms with Crippen LogP contribution in [-0.2, 0) is 4.79 Å². The number of carbonyl (C=O) groups is 2. The topological polar surface area (TPSA) is 79.5 Å². The number of carboxylic acid groups (broad SMARTS) is 1. The number of benzene rings is 2. The molecule has 0 aliphatic carbocycles. The molecule has 0 saturated heterocycles. The van der Waals surface area contributed by atoms with Gasteiger partial charge in [-0.3, -0.25) is 14.2 Å². The van der Waals surface area contributed by atoms with Gasteiger partial charge in [-0.25, -0.2) is 0 Å². The molecule has 0 spiro atoms. The molecule has 0 aliphatic heterocycles. The highest BCUT2D eigenvalue weighted by Gasteiger charge is 2.37. The van der Waals surface area contributed by atoms with E-state index in [1.54, 1.807) is 19.1 Å². The predicted octanol–water partition coefficient (Wildman–Crippen LogP) is 5.52. The molecule has 3 aromatic rings. The van der Waals surface area contributed by atoms with Gasteiger partial charge in [-0.05, 0) is 49.1 Å². The summed E-state index contributed by atoms with van der Waals surface area (Å²) in [5.74, 6) is -2.30. The fourth-order valence-electron chi connectivity index (χ4n) is 3.83. The first-order valence-electron chi connectivity index (χ1n) is 9.31. The number of rotatable bonds is 3. The molecule has 0 aliphatic rings. The Hall–Kier alpha value is -2.79. The summed E-state index contributed by atoms with van der Waals surface area (Å²) in [7, 11) is 0. The largest absolute Gasteiger partial charge is 0.506 e. The third-order valence-corrected chi connectivity index (χ3v) is 5.53. The van der Waals surface area contributed by atoms with Crippen molar-refractivity contribution >= 4 is 34.4 Å². The first kappa shape index (κ1) is 20.9. The van der Waals surface area contributed by atoms with E-state index in [1.165, 1.54) is 16.7 Å². The quantitative estimate of drug-likeness (QED) is 0.592. The third kappa shape index (κ3) is 3.62. The predicted molar refractivity (Wildman–Crippen MR) is 114 cm³/mol. The molecule has 1 atom stereocenters. The third-order valence-electron chi connectivity index (χ3n) is 5.22. The molecule has 2 aromatic carbocycles.